The molecule has 0 bridgehead atoms. The molecule has 0 rings (SSSR count). The van der Waals surface area contributed by atoms with Crippen molar-refractivity contribution in [1.29, 1.82) is 0 Å². The van der Waals surface area contributed by atoms with Crippen LogP contribution in [0.15, 0.2) is 11.0 Å². The highest BCUT2D eigenvalue weighted by Gasteiger charge is 2.15. The van der Waals surface area contributed by atoms with Crippen molar-refractivity contribution >= 4 is 10.1 Å². The Bertz CT molecular complexity index is 267. The summed E-state index contributed by atoms with van der Waals surface area (Å²) < 4.78 is 26.5. The van der Waals surface area contributed by atoms with Gasteiger partial charge in [0.05, 0.1) is 12.0 Å². The summed E-state index contributed by atoms with van der Waals surface area (Å²) in [6, 6.07) is 0. The Balaban J connectivity index is 4.85. The summed E-state index contributed by atoms with van der Waals surface area (Å²) in [6.45, 7) is 7.33. The van der Waals surface area contributed by atoms with Gasteiger partial charge in [0, 0.05) is 0 Å². The van der Waals surface area contributed by atoms with Gasteiger partial charge in [-0.2, -0.15) is 8.42 Å². The average Bonchev–Trinajstić information content (AvgIpc) is 1.84. The Morgan fingerprint density at radius 2 is 1.75 bits per heavy atom. The van der Waals surface area contributed by atoms with E-state index in [-0.39, 0.29) is 10.3 Å². The Hall–Kier alpha value is -0.350. The molecule has 0 N–H and O–H groups in total. The molecule has 12 heavy (non-hydrogen) atoms. The van der Waals surface area contributed by atoms with Crippen LogP contribution in [0, 0.1) is 5.41 Å². The molecule has 0 spiro atoms. The largest absolute Gasteiger partial charge is 0.292 e. The van der Waals surface area contributed by atoms with E-state index in [0.29, 0.717) is 0 Å². The molecule has 0 aliphatic rings. The fraction of sp³-hybridized carbons (Fsp3) is 0.750. The van der Waals surface area contributed by atoms with Crippen LogP contribution < -0.4 is 0 Å². The van der Waals surface area contributed by atoms with Crippen LogP contribution in [-0.2, 0) is 14.3 Å². The maximum Gasteiger partial charge on any atom is 0.292 e. The van der Waals surface area contributed by atoms with Gasteiger partial charge in [-0.25, -0.2) is 0 Å². The molecule has 4 heteroatoms. The second-order valence-electron chi connectivity index (χ2n) is 3.74. The maximum atomic E-state index is 11.1. The molecule has 0 aliphatic heterocycles. The summed E-state index contributed by atoms with van der Waals surface area (Å²) in [4.78, 5) is 0.262. The molecule has 0 amide bonds. The van der Waals surface area contributed by atoms with E-state index in [0.717, 1.165) is 7.11 Å². The predicted molar refractivity (Wildman–Crippen MR) is 49.1 cm³/mol. The van der Waals surface area contributed by atoms with Gasteiger partial charge in [-0.15, -0.1) is 0 Å². The van der Waals surface area contributed by atoms with Gasteiger partial charge in [-0.05, 0) is 12.3 Å². The molecular weight excluding hydrogens is 176 g/mol. The second kappa shape index (κ2) is 3.58. The minimum absolute atomic E-state index is 0.143. The number of rotatable bonds is 2. The first kappa shape index (κ1) is 11.6. The van der Waals surface area contributed by atoms with Crippen LogP contribution in [0.1, 0.15) is 27.7 Å². The fourth-order valence-corrected chi connectivity index (χ4v) is 1.57. The minimum Gasteiger partial charge on any atom is -0.270 e. The summed E-state index contributed by atoms with van der Waals surface area (Å²) in [6.07, 6.45) is 1.67. The summed E-state index contributed by atoms with van der Waals surface area (Å²) >= 11 is 0. The summed E-state index contributed by atoms with van der Waals surface area (Å²) in [5.74, 6) is 0. The molecule has 0 aliphatic carbocycles. The third-order valence-electron chi connectivity index (χ3n) is 1.25. The highest BCUT2D eigenvalue weighted by atomic mass is 32.2. The maximum absolute atomic E-state index is 11.1. The monoisotopic (exact) mass is 192 g/mol. The minimum atomic E-state index is -3.47. The molecule has 72 valence electrons. The molecule has 0 saturated heterocycles. The highest BCUT2D eigenvalue weighted by Crippen LogP contribution is 2.20. The first-order chi connectivity index (χ1) is 5.19. The summed E-state index contributed by atoms with van der Waals surface area (Å²) in [5, 5.41) is 0. The third kappa shape index (κ3) is 3.88. The van der Waals surface area contributed by atoms with Crippen molar-refractivity contribution in [2.75, 3.05) is 7.11 Å². The normalized spacial score (nSPS) is 14.9. The molecular formula is C8H16O3S. The van der Waals surface area contributed by atoms with Crippen molar-refractivity contribution in [2.24, 2.45) is 5.41 Å². The SMILES string of the molecule is COS(=O)(=O)/C(C)=C/C(C)(C)C. The van der Waals surface area contributed by atoms with Crippen molar-refractivity contribution in [1.82, 2.24) is 0 Å². The quantitative estimate of drug-likeness (QED) is 0.628. The molecule has 0 atom stereocenters. The van der Waals surface area contributed by atoms with Gasteiger partial charge in [-0.3, -0.25) is 4.18 Å². The van der Waals surface area contributed by atoms with Crippen LogP contribution in [0.3, 0.4) is 0 Å². The second-order valence-corrected chi connectivity index (χ2v) is 5.63. The summed E-state index contributed by atoms with van der Waals surface area (Å²) in [5.41, 5.74) is -0.143. The smallest absolute Gasteiger partial charge is 0.270 e. The molecule has 0 fully saturated rings. The molecule has 0 aromatic carbocycles. The van der Waals surface area contributed by atoms with Crippen LogP contribution in [0.4, 0.5) is 0 Å². The lowest BCUT2D eigenvalue weighted by atomic mass is 9.96. The van der Waals surface area contributed by atoms with E-state index in [4.69, 9.17) is 0 Å². The van der Waals surface area contributed by atoms with Crippen molar-refractivity contribution in [2.45, 2.75) is 27.7 Å². The lowest BCUT2D eigenvalue weighted by molar-refractivity contribution is 0.402. The van der Waals surface area contributed by atoms with E-state index < -0.39 is 10.1 Å². The highest BCUT2D eigenvalue weighted by molar-refractivity contribution is 7.90. The Labute approximate surface area is 74.6 Å². The number of hydrogen-bond acceptors (Lipinski definition) is 3. The predicted octanol–water partition coefficient (Wildman–Crippen LogP) is 1.91. The van der Waals surface area contributed by atoms with Crippen molar-refractivity contribution in [3.05, 3.63) is 11.0 Å². The number of allylic oxidation sites excluding steroid dienone is 2. The first-order valence-corrected chi connectivity index (χ1v) is 5.10. The lowest BCUT2D eigenvalue weighted by Gasteiger charge is -2.13. The van der Waals surface area contributed by atoms with E-state index in [9.17, 15) is 8.42 Å². The molecule has 0 radical (unpaired) electrons. The van der Waals surface area contributed by atoms with Crippen LogP contribution in [0.2, 0.25) is 0 Å². The van der Waals surface area contributed by atoms with E-state index in [2.05, 4.69) is 4.18 Å². The van der Waals surface area contributed by atoms with Crippen LogP contribution in [-0.4, -0.2) is 15.5 Å². The summed E-state index contributed by atoms with van der Waals surface area (Å²) in [7, 11) is -2.31. The van der Waals surface area contributed by atoms with Gasteiger partial charge in [0.25, 0.3) is 10.1 Å². The molecule has 3 nitrogen and oxygen atoms in total. The van der Waals surface area contributed by atoms with Gasteiger partial charge in [0.1, 0.15) is 0 Å². The fourth-order valence-electron chi connectivity index (χ4n) is 0.813. The van der Waals surface area contributed by atoms with E-state index >= 15 is 0 Å². The van der Waals surface area contributed by atoms with E-state index in [1.165, 1.54) is 6.92 Å². The standard InChI is InChI=1S/C8H16O3S/c1-7(6-8(2,3)4)12(9,10)11-5/h6H,1-5H3/b7-6+. The Morgan fingerprint density at radius 1 is 1.33 bits per heavy atom. The van der Waals surface area contributed by atoms with Gasteiger partial charge in [0.2, 0.25) is 0 Å². The lowest BCUT2D eigenvalue weighted by Crippen LogP contribution is -2.08. The first-order valence-electron chi connectivity index (χ1n) is 3.69. The molecule has 0 aromatic heterocycles. The molecule has 0 heterocycles. The Kier molecular flexibility index (Phi) is 3.47. The zero-order valence-electron chi connectivity index (χ0n) is 8.21. The third-order valence-corrected chi connectivity index (χ3v) is 2.60. The van der Waals surface area contributed by atoms with Gasteiger partial charge < -0.3 is 0 Å². The van der Waals surface area contributed by atoms with Crippen molar-refractivity contribution in [3.8, 4) is 0 Å². The van der Waals surface area contributed by atoms with Crippen LogP contribution in [0.25, 0.3) is 0 Å². The van der Waals surface area contributed by atoms with E-state index in [1.807, 2.05) is 20.8 Å². The van der Waals surface area contributed by atoms with Crippen LogP contribution in [0.5, 0.6) is 0 Å². The van der Waals surface area contributed by atoms with Crippen LogP contribution >= 0.6 is 0 Å². The van der Waals surface area contributed by atoms with Crippen molar-refractivity contribution in [3.63, 3.8) is 0 Å². The van der Waals surface area contributed by atoms with Gasteiger partial charge in [-0.1, -0.05) is 26.8 Å². The van der Waals surface area contributed by atoms with E-state index in [1.54, 1.807) is 6.08 Å². The zero-order valence-corrected chi connectivity index (χ0v) is 9.03. The molecule has 0 aromatic rings. The zero-order chi connectivity index (χ0) is 9.99. The molecule has 0 saturated carbocycles. The molecule has 0 unspecified atom stereocenters. The topological polar surface area (TPSA) is 43.4 Å². The van der Waals surface area contributed by atoms with Crippen molar-refractivity contribution < 1.29 is 12.6 Å². The van der Waals surface area contributed by atoms with Gasteiger partial charge >= 0.3 is 0 Å². The Morgan fingerprint density at radius 3 is 2.00 bits per heavy atom. The average molecular weight is 192 g/mol. The number of hydrogen-bond donors (Lipinski definition) is 0. The van der Waals surface area contributed by atoms with Gasteiger partial charge in [0.15, 0.2) is 0 Å².